The van der Waals surface area contributed by atoms with Crippen LogP contribution in [-0.4, -0.2) is 11.3 Å². The van der Waals surface area contributed by atoms with E-state index < -0.39 is 0 Å². The smallest absolute Gasteiger partial charge is 0.333 e. The van der Waals surface area contributed by atoms with Gasteiger partial charge in [0.15, 0.2) is 23.0 Å². The Morgan fingerprint density at radius 2 is 1.21 bits per heavy atom. The molecular formula is C54H35BN2O2S2. The topological polar surface area (TPSA) is 26.6 Å². The molecule has 3 aromatic heterocycles. The summed E-state index contributed by atoms with van der Waals surface area (Å²) in [5.41, 5.74) is 13.4. The van der Waals surface area contributed by atoms with Crippen molar-refractivity contribution in [2.75, 3.05) is 4.90 Å². The summed E-state index contributed by atoms with van der Waals surface area (Å²) in [6.07, 6.45) is 0. The third-order valence-corrected chi connectivity index (χ3v) is 15.5. The highest BCUT2D eigenvalue weighted by atomic mass is 32.1. The molecule has 0 atom stereocenters. The van der Waals surface area contributed by atoms with Gasteiger partial charge >= 0.3 is 6.85 Å². The number of hydrogen-bond donors (Lipinski definition) is 0. The zero-order valence-electron chi connectivity index (χ0n) is 33.6. The van der Waals surface area contributed by atoms with E-state index >= 15 is 0 Å². The van der Waals surface area contributed by atoms with Crippen LogP contribution in [0.4, 0.5) is 17.1 Å². The van der Waals surface area contributed by atoms with Gasteiger partial charge in [-0.2, -0.15) is 0 Å². The van der Waals surface area contributed by atoms with E-state index in [4.69, 9.17) is 9.47 Å². The van der Waals surface area contributed by atoms with Crippen molar-refractivity contribution in [3.8, 4) is 45.3 Å². The lowest BCUT2D eigenvalue weighted by Gasteiger charge is -2.42. The molecule has 0 aliphatic carbocycles. The molecule has 61 heavy (non-hydrogen) atoms. The Balaban J connectivity index is 1.18. The molecule has 0 spiro atoms. The molecule has 7 heteroatoms. The number of thiophene rings is 2. The van der Waals surface area contributed by atoms with Crippen LogP contribution in [0.5, 0.6) is 23.0 Å². The predicted octanol–water partition coefficient (Wildman–Crippen LogP) is 14.7. The molecule has 0 N–H and O–H groups in total. The van der Waals surface area contributed by atoms with Crippen molar-refractivity contribution < 1.29 is 9.47 Å². The van der Waals surface area contributed by atoms with Gasteiger partial charge in [0.2, 0.25) is 0 Å². The van der Waals surface area contributed by atoms with E-state index in [0.717, 1.165) is 28.6 Å². The van der Waals surface area contributed by atoms with Crippen LogP contribution in [0.2, 0.25) is 0 Å². The lowest BCUT2D eigenvalue weighted by molar-refractivity contribution is 0.360. The first-order valence-electron chi connectivity index (χ1n) is 20.9. The quantitative estimate of drug-likeness (QED) is 0.163. The average molecular weight is 819 g/mol. The van der Waals surface area contributed by atoms with Crippen LogP contribution in [0.1, 0.15) is 26.3 Å². The maximum atomic E-state index is 6.79. The Morgan fingerprint density at radius 3 is 2.00 bits per heavy atom. The summed E-state index contributed by atoms with van der Waals surface area (Å²) in [4.78, 5) is 3.87. The second-order valence-electron chi connectivity index (χ2n) is 17.6. The normalized spacial score (nSPS) is 13.7. The standard InChI is InChI=1S/C54H35BN2O2S2/c1-54(2,3)31-24-25-40(36(26-31)30-14-5-4-6-15-30)56-41-29-45-44(58-42-20-9-10-21-43(42)59-45)28-39(41)55-49-37(27-38-32-16-7-11-22-46(32)60-52(38)51(49)56)33-18-13-19-35-48-34-17-8-12-23-47(34)61-53(48)57(55)50(33)35/h4-29H,1-3H3. The fourth-order valence-electron chi connectivity index (χ4n) is 10.4. The van der Waals surface area contributed by atoms with Gasteiger partial charge in [0.05, 0.1) is 20.9 Å². The van der Waals surface area contributed by atoms with Gasteiger partial charge in [-0.25, -0.2) is 0 Å². The summed E-state index contributed by atoms with van der Waals surface area (Å²) < 4.78 is 20.1. The summed E-state index contributed by atoms with van der Waals surface area (Å²) >= 11 is 3.81. The van der Waals surface area contributed by atoms with E-state index in [1.807, 2.05) is 46.9 Å². The number of para-hydroxylation sites is 3. The predicted molar refractivity (Wildman–Crippen MR) is 259 cm³/mol. The first-order chi connectivity index (χ1) is 29.9. The molecule has 0 radical (unpaired) electrons. The number of benzene rings is 8. The van der Waals surface area contributed by atoms with Crippen molar-refractivity contribution in [2.24, 2.45) is 0 Å². The van der Waals surface area contributed by atoms with Crippen molar-refractivity contribution in [1.82, 2.24) is 4.48 Å². The van der Waals surface area contributed by atoms with Crippen LogP contribution in [0, 0.1) is 0 Å². The largest absolute Gasteiger partial charge is 0.450 e. The second kappa shape index (κ2) is 11.9. The maximum Gasteiger partial charge on any atom is 0.333 e. The lowest BCUT2D eigenvalue weighted by atomic mass is 9.45. The molecule has 0 fully saturated rings. The molecule has 0 amide bonds. The first-order valence-corrected chi connectivity index (χ1v) is 22.6. The lowest BCUT2D eigenvalue weighted by Crippen LogP contribution is -2.56. The Kier molecular flexibility index (Phi) is 6.65. The van der Waals surface area contributed by atoms with Crippen LogP contribution in [0.25, 0.3) is 73.6 Å². The van der Waals surface area contributed by atoms with E-state index in [9.17, 15) is 0 Å². The van der Waals surface area contributed by atoms with Crippen LogP contribution in [-0.2, 0) is 5.41 Å². The van der Waals surface area contributed by atoms with E-state index in [-0.39, 0.29) is 12.3 Å². The number of aromatic nitrogens is 1. The molecule has 3 aliphatic rings. The average Bonchev–Trinajstić information content (AvgIpc) is 3.96. The molecule has 0 unspecified atom stereocenters. The summed E-state index contributed by atoms with van der Waals surface area (Å²) in [6.45, 7) is 6.76. The second-order valence-corrected chi connectivity index (χ2v) is 19.7. The van der Waals surface area contributed by atoms with Gasteiger partial charge in [0.1, 0.15) is 0 Å². The Hall–Kier alpha value is -6.80. The monoisotopic (exact) mass is 818 g/mol. The highest BCUT2D eigenvalue weighted by Crippen LogP contribution is 2.56. The van der Waals surface area contributed by atoms with E-state index in [2.05, 4.69) is 164 Å². The number of fused-ring (bicyclic) bond motifs is 15. The SMILES string of the molecule is CC(C)(C)c1ccc(N2c3cc4c(cc3B3c5c(cc6c(sc7ccccc76)c52)-c2cccc5c6c7ccccc7sc6n3c25)Oc2ccccc2O4)c(-c2ccccc2)c1. The molecule has 0 saturated heterocycles. The molecule has 4 nitrogen and oxygen atoms in total. The maximum absolute atomic E-state index is 6.79. The van der Waals surface area contributed by atoms with Gasteiger partial charge in [0, 0.05) is 64.7 Å². The van der Waals surface area contributed by atoms with Crippen LogP contribution in [0.15, 0.2) is 158 Å². The zero-order chi connectivity index (χ0) is 40.3. The van der Waals surface area contributed by atoms with Gasteiger partial charge in [-0.05, 0) is 81.6 Å². The third kappa shape index (κ3) is 4.54. The third-order valence-electron chi connectivity index (χ3n) is 13.2. The summed E-state index contributed by atoms with van der Waals surface area (Å²) in [5.74, 6) is 2.88. The van der Waals surface area contributed by atoms with Crippen molar-refractivity contribution in [2.45, 2.75) is 26.2 Å². The molecule has 288 valence electrons. The first kappa shape index (κ1) is 34.0. The number of nitrogens with zero attached hydrogens (tertiary/aromatic N) is 2. The molecule has 6 heterocycles. The number of rotatable bonds is 2. The highest BCUT2D eigenvalue weighted by molar-refractivity contribution is 7.27. The fourth-order valence-corrected chi connectivity index (χ4v) is 12.9. The van der Waals surface area contributed by atoms with Gasteiger partial charge in [-0.1, -0.05) is 124 Å². The van der Waals surface area contributed by atoms with Gasteiger partial charge in [-0.3, -0.25) is 0 Å². The zero-order valence-corrected chi connectivity index (χ0v) is 35.2. The summed E-state index contributed by atoms with van der Waals surface area (Å²) in [7, 11) is 0. The van der Waals surface area contributed by atoms with Gasteiger partial charge in [-0.15, -0.1) is 22.7 Å². The summed E-state index contributed by atoms with van der Waals surface area (Å²) in [5, 5.41) is 6.51. The van der Waals surface area contributed by atoms with E-state index in [0.29, 0.717) is 5.75 Å². The van der Waals surface area contributed by atoms with Crippen molar-refractivity contribution in [3.63, 3.8) is 0 Å². The minimum atomic E-state index is -0.145. The minimum Gasteiger partial charge on any atom is -0.450 e. The van der Waals surface area contributed by atoms with Crippen molar-refractivity contribution in [1.29, 1.82) is 0 Å². The van der Waals surface area contributed by atoms with Crippen LogP contribution < -0.4 is 25.3 Å². The molecular weight excluding hydrogens is 784 g/mol. The molecule has 3 aliphatic heterocycles. The molecule has 14 rings (SSSR count). The van der Waals surface area contributed by atoms with E-state index in [1.165, 1.54) is 95.8 Å². The number of hydrogen-bond acceptors (Lipinski definition) is 5. The molecule has 0 saturated carbocycles. The molecule has 11 aromatic rings. The Bertz CT molecular complexity index is 3720. The molecule has 8 aromatic carbocycles. The van der Waals surface area contributed by atoms with Crippen LogP contribution >= 0.6 is 22.7 Å². The number of ether oxygens (including phenoxy) is 2. The molecule has 0 bridgehead atoms. The minimum absolute atomic E-state index is 0.0472. The van der Waals surface area contributed by atoms with Gasteiger partial charge < -0.3 is 18.9 Å². The summed E-state index contributed by atoms with van der Waals surface area (Å²) in [6, 6.07) is 57.9. The Morgan fingerprint density at radius 1 is 0.525 bits per heavy atom. The van der Waals surface area contributed by atoms with Crippen molar-refractivity contribution >= 4 is 109 Å². The van der Waals surface area contributed by atoms with Gasteiger partial charge in [0.25, 0.3) is 0 Å². The van der Waals surface area contributed by atoms with E-state index in [1.54, 1.807) is 0 Å². The van der Waals surface area contributed by atoms with Crippen LogP contribution in [0.3, 0.4) is 0 Å². The number of anilines is 3. The Labute approximate surface area is 360 Å². The van der Waals surface area contributed by atoms with Crippen molar-refractivity contribution in [3.05, 3.63) is 163 Å². The fraction of sp³-hybridized carbons (Fsp3) is 0.0741. The highest BCUT2D eigenvalue weighted by Gasteiger charge is 2.46.